The maximum atomic E-state index is 13.2. The van der Waals surface area contributed by atoms with Gasteiger partial charge in [0, 0.05) is 23.4 Å². The molecular formula is C21H21F3N4O. The molecule has 3 rings (SSSR count). The molecule has 0 radical (unpaired) electrons. The molecule has 8 heteroatoms. The third-order valence-electron chi connectivity index (χ3n) is 4.35. The van der Waals surface area contributed by atoms with Gasteiger partial charge in [0.05, 0.1) is 17.9 Å². The topological polar surface area (TPSA) is 70.1 Å². The predicted molar refractivity (Wildman–Crippen MR) is 107 cm³/mol. The van der Waals surface area contributed by atoms with Crippen molar-refractivity contribution in [3.05, 3.63) is 65.7 Å². The van der Waals surface area contributed by atoms with Crippen molar-refractivity contribution >= 4 is 17.5 Å². The van der Waals surface area contributed by atoms with Gasteiger partial charge >= 0.3 is 6.18 Å². The second-order valence-electron chi connectivity index (χ2n) is 6.66. The third kappa shape index (κ3) is 5.03. The average molecular weight is 402 g/mol. The standard InChI is InChI=1S/C21H21F3N4O/c1-13(12-29)25-20-27-18(15-7-4-3-5-8-15)11-19(28-20)26-17-10-6-9-16(14(17)2)21(22,23)24/h3-11,13,29H,12H2,1-2H3,(H2,25,26,27,28)/t13-/m0/s1. The number of nitrogens with one attached hydrogen (secondary N) is 2. The van der Waals surface area contributed by atoms with Crippen molar-refractivity contribution < 1.29 is 18.3 Å². The number of alkyl halides is 3. The Balaban J connectivity index is 2.02. The van der Waals surface area contributed by atoms with Crippen molar-refractivity contribution in [2.75, 3.05) is 17.2 Å². The minimum absolute atomic E-state index is 0.0816. The molecule has 1 aromatic heterocycles. The summed E-state index contributed by atoms with van der Waals surface area (Å²) in [6, 6.07) is 14.7. The van der Waals surface area contributed by atoms with E-state index in [1.165, 1.54) is 13.0 Å². The summed E-state index contributed by atoms with van der Waals surface area (Å²) in [4.78, 5) is 8.81. The van der Waals surface area contributed by atoms with Gasteiger partial charge in [0.25, 0.3) is 0 Å². The molecule has 0 aliphatic rings. The van der Waals surface area contributed by atoms with Crippen LogP contribution in [0, 0.1) is 6.92 Å². The van der Waals surface area contributed by atoms with E-state index in [9.17, 15) is 18.3 Å². The molecule has 0 spiro atoms. The van der Waals surface area contributed by atoms with Crippen LogP contribution < -0.4 is 10.6 Å². The number of nitrogens with zero attached hydrogens (tertiary/aromatic N) is 2. The summed E-state index contributed by atoms with van der Waals surface area (Å²) in [5.41, 5.74) is 1.11. The highest BCUT2D eigenvalue weighted by Crippen LogP contribution is 2.35. The monoisotopic (exact) mass is 402 g/mol. The van der Waals surface area contributed by atoms with Crippen LogP contribution in [0.2, 0.25) is 0 Å². The molecule has 0 saturated heterocycles. The third-order valence-corrected chi connectivity index (χ3v) is 4.35. The minimum Gasteiger partial charge on any atom is -0.394 e. The zero-order chi connectivity index (χ0) is 21.0. The Morgan fingerprint density at radius 2 is 1.76 bits per heavy atom. The van der Waals surface area contributed by atoms with E-state index in [0.717, 1.165) is 11.6 Å². The zero-order valence-corrected chi connectivity index (χ0v) is 16.0. The van der Waals surface area contributed by atoms with E-state index in [1.807, 2.05) is 30.3 Å². The number of hydrogen-bond donors (Lipinski definition) is 3. The lowest BCUT2D eigenvalue weighted by atomic mass is 10.1. The van der Waals surface area contributed by atoms with Crippen LogP contribution in [-0.2, 0) is 6.18 Å². The van der Waals surface area contributed by atoms with Crippen LogP contribution in [0.25, 0.3) is 11.3 Å². The molecule has 3 N–H and O–H groups in total. The average Bonchev–Trinajstić information content (AvgIpc) is 2.69. The molecule has 3 aromatic rings. The first-order chi connectivity index (χ1) is 13.8. The Morgan fingerprint density at radius 3 is 2.41 bits per heavy atom. The summed E-state index contributed by atoms with van der Waals surface area (Å²) in [6.07, 6.45) is -4.44. The highest BCUT2D eigenvalue weighted by Gasteiger charge is 2.32. The maximum absolute atomic E-state index is 13.2. The number of aliphatic hydroxyl groups excluding tert-OH is 1. The molecule has 2 aromatic carbocycles. The molecule has 1 heterocycles. The first-order valence-electron chi connectivity index (χ1n) is 9.03. The van der Waals surface area contributed by atoms with Gasteiger partial charge in [-0.15, -0.1) is 0 Å². The van der Waals surface area contributed by atoms with Crippen molar-refractivity contribution in [2.45, 2.75) is 26.1 Å². The van der Waals surface area contributed by atoms with Crippen LogP contribution >= 0.6 is 0 Å². The van der Waals surface area contributed by atoms with Crippen LogP contribution in [-0.4, -0.2) is 27.7 Å². The fourth-order valence-electron chi connectivity index (χ4n) is 2.81. The van der Waals surface area contributed by atoms with Crippen LogP contribution in [0.15, 0.2) is 54.6 Å². The summed E-state index contributed by atoms with van der Waals surface area (Å²) in [7, 11) is 0. The number of aromatic nitrogens is 2. The second-order valence-corrected chi connectivity index (χ2v) is 6.66. The molecule has 152 valence electrons. The molecule has 0 amide bonds. The Hall–Kier alpha value is -3.13. The van der Waals surface area contributed by atoms with Crippen molar-refractivity contribution in [2.24, 2.45) is 0 Å². The fraction of sp³-hybridized carbons (Fsp3) is 0.238. The Kier molecular flexibility index (Phi) is 6.03. The lowest BCUT2D eigenvalue weighted by molar-refractivity contribution is -0.138. The van der Waals surface area contributed by atoms with Gasteiger partial charge in [0.2, 0.25) is 5.95 Å². The Morgan fingerprint density at radius 1 is 1.03 bits per heavy atom. The Bertz CT molecular complexity index is 977. The van der Waals surface area contributed by atoms with Gasteiger partial charge in [-0.05, 0) is 31.5 Å². The van der Waals surface area contributed by atoms with E-state index in [0.29, 0.717) is 17.2 Å². The van der Waals surface area contributed by atoms with Crippen LogP contribution in [0.5, 0.6) is 0 Å². The number of rotatable bonds is 6. The van der Waals surface area contributed by atoms with E-state index >= 15 is 0 Å². The van der Waals surface area contributed by atoms with E-state index in [1.54, 1.807) is 19.1 Å². The summed E-state index contributed by atoms with van der Waals surface area (Å²) in [5, 5.41) is 15.2. The number of hydrogen-bond acceptors (Lipinski definition) is 5. The number of aliphatic hydroxyl groups is 1. The van der Waals surface area contributed by atoms with Gasteiger partial charge in [-0.25, -0.2) is 4.98 Å². The smallest absolute Gasteiger partial charge is 0.394 e. The number of halogens is 3. The molecule has 0 saturated carbocycles. The predicted octanol–water partition coefficient (Wildman–Crippen LogP) is 5.01. The molecule has 0 bridgehead atoms. The summed E-state index contributed by atoms with van der Waals surface area (Å²) >= 11 is 0. The lowest BCUT2D eigenvalue weighted by Crippen LogP contribution is -2.21. The van der Waals surface area contributed by atoms with Gasteiger partial charge in [-0.3, -0.25) is 0 Å². The van der Waals surface area contributed by atoms with E-state index in [2.05, 4.69) is 20.6 Å². The molecule has 0 fully saturated rings. The number of benzene rings is 2. The van der Waals surface area contributed by atoms with Crippen LogP contribution in [0.1, 0.15) is 18.1 Å². The van der Waals surface area contributed by atoms with Crippen molar-refractivity contribution in [3.63, 3.8) is 0 Å². The first kappa shape index (κ1) is 20.6. The zero-order valence-electron chi connectivity index (χ0n) is 16.0. The van der Waals surface area contributed by atoms with Crippen LogP contribution in [0.3, 0.4) is 0 Å². The highest BCUT2D eigenvalue weighted by molar-refractivity contribution is 5.69. The minimum atomic E-state index is -4.44. The van der Waals surface area contributed by atoms with E-state index in [4.69, 9.17) is 0 Å². The number of anilines is 3. The molecule has 0 aliphatic heterocycles. The molecule has 0 unspecified atom stereocenters. The van der Waals surface area contributed by atoms with Gasteiger partial charge in [-0.1, -0.05) is 36.4 Å². The van der Waals surface area contributed by atoms with Gasteiger partial charge in [0.15, 0.2) is 0 Å². The summed E-state index contributed by atoms with van der Waals surface area (Å²) < 4.78 is 39.6. The van der Waals surface area contributed by atoms with Gasteiger partial charge in [-0.2, -0.15) is 18.2 Å². The highest BCUT2D eigenvalue weighted by atomic mass is 19.4. The quantitative estimate of drug-likeness (QED) is 0.541. The van der Waals surface area contributed by atoms with E-state index < -0.39 is 11.7 Å². The van der Waals surface area contributed by atoms with Gasteiger partial charge in [0.1, 0.15) is 5.82 Å². The first-order valence-corrected chi connectivity index (χ1v) is 9.03. The van der Waals surface area contributed by atoms with Crippen molar-refractivity contribution in [1.82, 2.24) is 9.97 Å². The molecule has 29 heavy (non-hydrogen) atoms. The Labute approximate surface area is 166 Å². The van der Waals surface area contributed by atoms with E-state index in [-0.39, 0.29) is 24.2 Å². The summed E-state index contributed by atoms with van der Waals surface area (Å²) in [5.74, 6) is 0.606. The fourth-order valence-corrected chi connectivity index (χ4v) is 2.81. The lowest BCUT2D eigenvalue weighted by Gasteiger charge is -2.17. The van der Waals surface area contributed by atoms with Crippen LogP contribution in [0.4, 0.5) is 30.6 Å². The summed E-state index contributed by atoms with van der Waals surface area (Å²) in [6.45, 7) is 3.06. The SMILES string of the molecule is Cc1c(Nc2cc(-c3ccccc3)nc(N[C@@H](C)CO)n2)cccc1C(F)(F)F. The van der Waals surface area contributed by atoms with Crippen molar-refractivity contribution in [1.29, 1.82) is 0 Å². The normalized spacial score (nSPS) is 12.5. The molecule has 5 nitrogen and oxygen atoms in total. The molecule has 1 atom stereocenters. The largest absolute Gasteiger partial charge is 0.416 e. The maximum Gasteiger partial charge on any atom is 0.416 e. The molecule has 0 aliphatic carbocycles. The second kappa shape index (κ2) is 8.48. The molecular weight excluding hydrogens is 381 g/mol. The van der Waals surface area contributed by atoms with Gasteiger partial charge < -0.3 is 15.7 Å². The van der Waals surface area contributed by atoms with Crippen molar-refractivity contribution in [3.8, 4) is 11.3 Å².